The first-order valence-electron chi connectivity index (χ1n) is 9.02. The summed E-state index contributed by atoms with van der Waals surface area (Å²) in [4.78, 5) is 23.7. The topological polar surface area (TPSA) is 84.3 Å². The summed E-state index contributed by atoms with van der Waals surface area (Å²) in [6.45, 7) is 3.76. The third-order valence-electron chi connectivity index (χ3n) is 4.58. The first-order valence-corrected chi connectivity index (χ1v) is 9.40. The number of rotatable bonds is 6. The van der Waals surface area contributed by atoms with E-state index in [9.17, 15) is 14.9 Å². The van der Waals surface area contributed by atoms with E-state index in [0.717, 1.165) is 11.1 Å². The molecule has 0 saturated carbocycles. The van der Waals surface area contributed by atoms with Crippen LogP contribution in [0.15, 0.2) is 66.7 Å². The molecular weight excluding hydrogens is 390 g/mol. The Hall–Kier alpha value is -3.38. The van der Waals surface area contributed by atoms with Crippen molar-refractivity contribution in [3.05, 3.63) is 98.6 Å². The van der Waals surface area contributed by atoms with Crippen LogP contribution in [0.3, 0.4) is 0 Å². The Morgan fingerprint density at radius 1 is 1.03 bits per heavy atom. The van der Waals surface area contributed by atoms with Gasteiger partial charge >= 0.3 is 0 Å². The molecule has 29 heavy (non-hydrogen) atoms. The third kappa shape index (κ3) is 4.92. The molecule has 0 unspecified atom stereocenters. The maximum absolute atomic E-state index is 12.6. The molecular formula is C22H20ClN3O3. The summed E-state index contributed by atoms with van der Waals surface area (Å²) in [6, 6.07) is 19.0. The zero-order valence-electron chi connectivity index (χ0n) is 16.0. The summed E-state index contributed by atoms with van der Waals surface area (Å²) in [5.74, 6) is -0.443. The Morgan fingerprint density at radius 3 is 2.45 bits per heavy atom. The van der Waals surface area contributed by atoms with Crippen molar-refractivity contribution in [2.45, 2.75) is 19.9 Å². The SMILES string of the molecule is Cc1ccc(Cl)cc1NC(=O)c1ccc(N[C@H](C)c2ccccc2)c([N+](=O)[O-])c1. The van der Waals surface area contributed by atoms with Gasteiger partial charge in [-0.25, -0.2) is 0 Å². The normalized spacial score (nSPS) is 11.6. The molecule has 148 valence electrons. The molecule has 0 fully saturated rings. The fourth-order valence-electron chi connectivity index (χ4n) is 2.93. The summed E-state index contributed by atoms with van der Waals surface area (Å²) in [7, 11) is 0. The first kappa shape index (κ1) is 20.4. The van der Waals surface area contributed by atoms with E-state index in [2.05, 4.69) is 10.6 Å². The van der Waals surface area contributed by atoms with Gasteiger partial charge in [-0.2, -0.15) is 0 Å². The highest BCUT2D eigenvalue weighted by Gasteiger charge is 2.19. The van der Waals surface area contributed by atoms with E-state index in [1.54, 1.807) is 30.3 Å². The van der Waals surface area contributed by atoms with Crippen molar-refractivity contribution in [1.82, 2.24) is 0 Å². The van der Waals surface area contributed by atoms with Crippen LogP contribution in [0, 0.1) is 17.0 Å². The average Bonchev–Trinajstić information content (AvgIpc) is 2.71. The summed E-state index contributed by atoms with van der Waals surface area (Å²) < 4.78 is 0. The number of aryl methyl sites for hydroxylation is 1. The van der Waals surface area contributed by atoms with Gasteiger partial charge in [0.15, 0.2) is 0 Å². The Bertz CT molecular complexity index is 1050. The summed E-state index contributed by atoms with van der Waals surface area (Å²) in [5.41, 5.74) is 2.77. The molecule has 6 nitrogen and oxygen atoms in total. The summed E-state index contributed by atoms with van der Waals surface area (Å²) in [6.07, 6.45) is 0. The van der Waals surface area contributed by atoms with Crippen LogP contribution in [0.25, 0.3) is 0 Å². The van der Waals surface area contributed by atoms with E-state index in [1.807, 2.05) is 44.2 Å². The third-order valence-corrected chi connectivity index (χ3v) is 4.81. The van der Waals surface area contributed by atoms with E-state index >= 15 is 0 Å². The molecule has 0 spiro atoms. The largest absolute Gasteiger partial charge is 0.373 e. The lowest BCUT2D eigenvalue weighted by atomic mass is 10.1. The smallest absolute Gasteiger partial charge is 0.293 e. The van der Waals surface area contributed by atoms with Crippen molar-refractivity contribution in [3.8, 4) is 0 Å². The van der Waals surface area contributed by atoms with Crippen molar-refractivity contribution in [1.29, 1.82) is 0 Å². The van der Waals surface area contributed by atoms with E-state index in [0.29, 0.717) is 16.4 Å². The number of nitrogens with zero attached hydrogens (tertiary/aromatic N) is 1. The molecule has 0 radical (unpaired) electrons. The van der Waals surface area contributed by atoms with Crippen LogP contribution in [-0.4, -0.2) is 10.8 Å². The van der Waals surface area contributed by atoms with Gasteiger partial charge in [0, 0.05) is 28.4 Å². The Labute approximate surface area is 173 Å². The predicted octanol–water partition coefficient (Wildman–Crippen LogP) is 5.98. The molecule has 2 N–H and O–H groups in total. The van der Waals surface area contributed by atoms with Crippen molar-refractivity contribution in [2.75, 3.05) is 10.6 Å². The fourth-order valence-corrected chi connectivity index (χ4v) is 3.10. The zero-order valence-corrected chi connectivity index (χ0v) is 16.7. The molecule has 3 aromatic rings. The number of nitrogens with one attached hydrogen (secondary N) is 2. The summed E-state index contributed by atoms with van der Waals surface area (Å²) >= 11 is 5.98. The zero-order chi connectivity index (χ0) is 21.0. The lowest BCUT2D eigenvalue weighted by Gasteiger charge is -2.16. The quantitative estimate of drug-likeness (QED) is 0.387. The molecule has 1 atom stereocenters. The highest BCUT2D eigenvalue weighted by atomic mass is 35.5. The highest BCUT2D eigenvalue weighted by molar-refractivity contribution is 6.31. The molecule has 0 heterocycles. The molecule has 7 heteroatoms. The highest BCUT2D eigenvalue weighted by Crippen LogP contribution is 2.30. The van der Waals surface area contributed by atoms with Crippen LogP contribution >= 0.6 is 11.6 Å². The molecule has 0 bridgehead atoms. The molecule has 0 aliphatic carbocycles. The van der Waals surface area contributed by atoms with Crippen LogP contribution in [0.1, 0.15) is 34.5 Å². The van der Waals surface area contributed by atoms with Gasteiger partial charge in [-0.15, -0.1) is 0 Å². The molecule has 3 rings (SSSR count). The van der Waals surface area contributed by atoms with Gasteiger partial charge in [0.1, 0.15) is 5.69 Å². The molecule has 0 aliphatic rings. The average molecular weight is 410 g/mol. The van der Waals surface area contributed by atoms with Gasteiger partial charge in [0.2, 0.25) is 0 Å². The fraction of sp³-hybridized carbons (Fsp3) is 0.136. The number of carbonyl (C=O) groups excluding carboxylic acids is 1. The molecule has 0 saturated heterocycles. The van der Waals surface area contributed by atoms with Gasteiger partial charge in [-0.3, -0.25) is 14.9 Å². The van der Waals surface area contributed by atoms with E-state index in [1.165, 1.54) is 6.07 Å². The van der Waals surface area contributed by atoms with Crippen molar-refractivity contribution >= 4 is 34.6 Å². The number of hydrogen-bond acceptors (Lipinski definition) is 4. The van der Waals surface area contributed by atoms with Gasteiger partial charge in [0.05, 0.1) is 4.92 Å². The number of hydrogen-bond donors (Lipinski definition) is 2. The van der Waals surface area contributed by atoms with Crippen LogP contribution in [-0.2, 0) is 0 Å². The number of benzene rings is 3. The lowest BCUT2D eigenvalue weighted by molar-refractivity contribution is -0.384. The number of carbonyl (C=O) groups is 1. The minimum Gasteiger partial charge on any atom is -0.373 e. The van der Waals surface area contributed by atoms with Crippen LogP contribution < -0.4 is 10.6 Å². The molecule has 0 aliphatic heterocycles. The predicted molar refractivity (Wildman–Crippen MR) is 116 cm³/mol. The lowest BCUT2D eigenvalue weighted by Crippen LogP contribution is -2.14. The van der Waals surface area contributed by atoms with Crippen molar-refractivity contribution in [2.24, 2.45) is 0 Å². The molecule has 1 amide bonds. The van der Waals surface area contributed by atoms with Gasteiger partial charge < -0.3 is 10.6 Å². The standard InChI is InChI=1S/C22H20ClN3O3/c1-14-8-10-18(23)13-20(14)25-22(27)17-9-11-19(21(12-17)26(28)29)24-15(2)16-6-4-3-5-7-16/h3-13,15,24H,1-2H3,(H,25,27)/t15-/m1/s1. The second-order valence-electron chi connectivity index (χ2n) is 6.68. The monoisotopic (exact) mass is 409 g/mol. The second-order valence-corrected chi connectivity index (χ2v) is 7.12. The maximum atomic E-state index is 12.6. The van der Waals surface area contributed by atoms with Crippen LogP contribution in [0.4, 0.5) is 17.1 Å². The van der Waals surface area contributed by atoms with E-state index < -0.39 is 10.8 Å². The number of anilines is 2. The van der Waals surface area contributed by atoms with Crippen LogP contribution in [0.2, 0.25) is 5.02 Å². The van der Waals surface area contributed by atoms with Crippen molar-refractivity contribution in [3.63, 3.8) is 0 Å². The van der Waals surface area contributed by atoms with Gasteiger partial charge in [-0.1, -0.05) is 48.0 Å². The number of halogens is 1. The minimum absolute atomic E-state index is 0.135. The van der Waals surface area contributed by atoms with Gasteiger partial charge in [0.25, 0.3) is 11.6 Å². The Balaban J connectivity index is 1.84. The Kier molecular flexibility index (Phi) is 6.14. The first-order chi connectivity index (χ1) is 13.8. The number of nitro groups is 1. The van der Waals surface area contributed by atoms with Gasteiger partial charge in [-0.05, 0) is 49.2 Å². The number of nitro benzene ring substituents is 1. The maximum Gasteiger partial charge on any atom is 0.293 e. The van der Waals surface area contributed by atoms with Crippen molar-refractivity contribution < 1.29 is 9.72 Å². The minimum atomic E-state index is -0.499. The van der Waals surface area contributed by atoms with E-state index in [4.69, 9.17) is 11.6 Å². The Morgan fingerprint density at radius 2 is 1.76 bits per heavy atom. The number of amides is 1. The second kappa shape index (κ2) is 8.75. The molecule has 0 aromatic heterocycles. The van der Waals surface area contributed by atoms with Crippen LogP contribution in [0.5, 0.6) is 0 Å². The summed E-state index contributed by atoms with van der Waals surface area (Å²) in [5, 5.41) is 18.0. The molecule has 3 aromatic carbocycles. The van der Waals surface area contributed by atoms with E-state index in [-0.39, 0.29) is 17.3 Å².